The summed E-state index contributed by atoms with van der Waals surface area (Å²) in [5.41, 5.74) is 1.05. The summed E-state index contributed by atoms with van der Waals surface area (Å²) in [5.74, 6) is 0.714. The molecule has 0 aromatic heterocycles. The quantitative estimate of drug-likeness (QED) is 0.108. The molecule has 0 aliphatic carbocycles. The van der Waals surface area contributed by atoms with E-state index in [1.165, 1.54) is 10.4 Å². The first-order valence-corrected chi connectivity index (χ1v) is 15.5. The van der Waals surface area contributed by atoms with Crippen LogP contribution in [0.3, 0.4) is 0 Å². The second-order valence-corrected chi connectivity index (χ2v) is 15.1. The first-order chi connectivity index (χ1) is 18.8. The Morgan fingerprint density at radius 2 is 1.46 bits per heavy atom. The van der Waals surface area contributed by atoms with Crippen molar-refractivity contribution < 1.29 is 23.7 Å². The first kappa shape index (κ1) is 30.8. The van der Waals surface area contributed by atoms with Crippen LogP contribution < -0.4 is 15.1 Å². The number of aliphatic hydroxyl groups excluding tert-OH is 1. The summed E-state index contributed by atoms with van der Waals surface area (Å²) >= 11 is 0. The molecule has 1 N–H and O–H groups in total. The molecule has 0 aliphatic heterocycles. The minimum absolute atomic E-state index is 0.105. The second-order valence-electron chi connectivity index (χ2n) is 10.8. The Bertz CT molecular complexity index is 1060. The van der Waals surface area contributed by atoms with Crippen LogP contribution in [0.5, 0.6) is 5.75 Å². The molecule has 2 atom stereocenters. The average molecular weight is 549 g/mol. The Labute approximate surface area is 235 Å². The number of aliphatic hydroxyl groups is 1. The third-order valence-electron chi connectivity index (χ3n) is 7.11. The lowest BCUT2D eigenvalue weighted by Gasteiger charge is -2.44. The van der Waals surface area contributed by atoms with Crippen LogP contribution in [0, 0.1) is 5.92 Å². The number of rotatable bonds is 16. The number of hydrogen-bond acceptors (Lipinski definition) is 5. The van der Waals surface area contributed by atoms with Gasteiger partial charge in [0, 0.05) is 19.1 Å². The molecule has 6 heteroatoms. The van der Waals surface area contributed by atoms with Crippen molar-refractivity contribution in [2.45, 2.75) is 51.4 Å². The van der Waals surface area contributed by atoms with Gasteiger partial charge in [-0.3, -0.25) is 0 Å². The lowest BCUT2D eigenvalue weighted by atomic mass is 9.97. The highest BCUT2D eigenvalue weighted by Crippen LogP contribution is 2.37. The third-order valence-corrected chi connectivity index (χ3v) is 12.1. The van der Waals surface area contributed by atoms with Gasteiger partial charge in [0.15, 0.2) is 0 Å². The van der Waals surface area contributed by atoms with E-state index in [1.807, 2.05) is 36.4 Å². The van der Waals surface area contributed by atoms with E-state index in [0.29, 0.717) is 32.7 Å². The molecule has 0 heterocycles. The Kier molecular flexibility index (Phi) is 12.0. The van der Waals surface area contributed by atoms with Crippen molar-refractivity contribution in [1.29, 1.82) is 0 Å². The van der Waals surface area contributed by atoms with Crippen LogP contribution in [0.2, 0.25) is 5.04 Å². The van der Waals surface area contributed by atoms with Crippen molar-refractivity contribution in [3.8, 4) is 5.75 Å². The summed E-state index contributed by atoms with van der Waals surface area (Å²) in [6, 6.07) is 28.9. The standard InChI is InChI=1S/C33H44O5Si/c1-6-13-32(34)28(22-23-36-26-37-24-27-18-20-29(35-5)21-19-27)25-38-39(33(2,3)4,30-14-9-7-10-15-30)31-16-11-8-12-17-31/h6-12,14-21,28,32,34H,1,13,22-26H2,2-5H3/t28-,32-/m1/s1. The van der Waals surface area contributed by atoms with Gasteiger partial charge in [-0.15, -0.1) is 6.58 Å². The van der Waals surface area contributed by atoms with Crippen LogP contribution in [0.1, 0.15) is 39.2 Å². The van der Waals surface area contributed by atoms with Gasteiger partial charge in [0.1, 0.15) is 12.5 Å². The summed E-state index contributed by atoms with van der Waals surface area (Å²) in [4.78, 5) is 0. The predicted octanol–water partition coefficient (Wildman–Crippen LogP) is 5.71. The summed E-state index contributed by atoms with van der Waals surface area (Å²) < 4.78 is 23.8. The van der Waals surface area contributed by atoms with Gasteiger partial charge in [-0.2, -0.15) is 0 Å². The van der Waals surface area contributed by atoms with Gasteiger partial charge in [0.2, 0.25) is 0 Å². The topological polar surface area (TPSA) is 57.2 Å². The van der Waals surface area contributed by atoms with E-state index in [-0.39, 0.29) is 17.7 Å². The lowest BCUT2D eigenvalue weighted by Crippen LogP contribution is -2.67. The van der Waals surface area contributed by atoms with Crippen molar-refractivity contribution in [1.82, 2.24) is 0 Å². The lowest BCUT2D eigenvalue weighted by molar-refractivity contribution is -0.0696. The van der Waals surface area contributed by atoms with Crippen molar-refractivity contribution in [3.63, 3.8) is 0 Å². The fourth-order valence-electron chi connectivity index (χ4n) is 4.98. The molecule has 0 amide bonds. The zero-order valence-electron chi connectivity index (χ0n) is 23.8. The molecule has 0 spiro atoms. The fraction of sp³-hybridized carbons (Fsp3) is 0.394. The van der Waals surface area contributed by atoms with Crippen LogP contribution >= 0.6 is 0 Å². The van der Waals surface area contributed by atoms with E-state index in [4.69, 9.17) is 18.6 Å². The molecule has 3 rings (SSSR count). The molecule has 0 bridgehead atoms. The molecule has 210 valence electrons. The largest absolute Gasteiger partial charge is 0.497 e. The zero-order chi connectivity index (χ0) is 28.1. The molecule has 0 saturated carbocycles. The number of ether oxygens (including phenoxy) is 3. The van der Waals surface area contributed by atoms with Gasteiger partial charge in [-0.05, 0) is 45.9 Å². The Morgan fingerprint density at radius 3 is 1.97 bits per heavy atom. The van der Waals surface area contributed by atoms with E-state index in [9.17, 15) is 5.11 Å². The van der Waals surface area contributed by atoms with E-state index < -0.39 is 14.4 Å². The zero-order valence-corrected chi connectivity index (χ0v) is 24.8. The van der Waals surface area contributed by atoms with Gasteiger partial charge in [0.25, 0.3) is 8.32 Å². The van der Waals surface area contributed by atoms with Gasteiger partial charge in [-0.25, -0.2) is 0 Å². The van der Waals surface area contributed by atoms with Crippen LogP contribution in [0.4, 0.5) is 0 Å². The Balaban J connectivity index is 1.68. The van der Waals surface area contributed by atoms with E-state index in [0.717, 1.165) is 11.3 Å². The SMILES string of the molecule is C=CC[C@@H](O)[C@H](CCOCOCc1ccc(OC)cc1)CO[Si](c1ccccc1)(c1ccccc1)C(C)(C)C. The van der Waals surface area contributed by atoms with Crippen LogP contribution in [-0.2, 0) is 20.5 Å². The van der Waals surface area contributed by atoms with Gasteiger partial charge in [0.05, 0.1) is 19.8 Å². The molecule has 0 unspecified atom stereocenters. The summed E-state index contributed by atoms with van der Waals surface area (Å²) in [6.07, 6.45) is 2.35. The maximum atomic E-state index is 11.0. The molecule has 0 aliphatic rings. The molecular weight excluding hydrogens is 504 g/mol. The predicted molar refractivity (Wildman–Crippen MR) is 161 cm³/mol. The minimum Gasteiger partial charge on any atom is -0.497 e. The van der Waals surface area contributed by atoms with E-state index in [2.05, 4.69) is 75.9 Å². The molecular formula is C33H44O5Si. The molecule has 39 heavy (non-hydrogen) atoms. The second kappa shape index (κ2) is 15.2. The van der Waals surface area contributed by atoms with Crippen molar-refractivity contribution in [2.75, 3.05) is 27.1 Å². The molecule has 0 radical (unpaired) electrons. The maximum absolute atomic E-state index is 11.0. The Hall–Kier alpha value is -2.74. The average Bonchev–Trinajstić information content (AvgIpc) is 2.95. The smallest absolute Gasteiger partial charge is 0.261 e. The molecule has 3 aromatic carbocycles. The molecule has 0 fully saturated rings. The monoisotopic (exact) mass is 548 g/mol. The molecule has 3 aromatic rings. The van der Waals surface area contributed by atoms with Crippen molar-refractivity contribution in [3.05, 3.63) is 103 Å². The van der Waals surface area contributed by atoms with E-state index >= 15 is 0 Å². The number of benzene rings is 3. The number of methoxy groups -OCH3 is 1. The van der Waals surface area contributed by atoms with Gasteiger partial charge >= 0.3 is 0 Å². The van der Waals surface area contributed by atoms with Crippen LogP contribution in [0.15, 0.2) is 97.6 Å². The van der Waals surface area contributed by atoms with Gasteiger partial charge < -0.3 is 23.7 Å². The highest BCUT2D eigenvalue weighted by Gasteiger charge is 2.50. The maximum Gasteiger partial charge on any atom is 0.261 e. The van der Waals surface area contributed by atoms with Crippen LogP contribution in [0.25, 0.3) is 0 Å². The first-order valence-electron chi connectivity index (χ1n) is 13.6. The minimum atomic E-state index is -2.70. The Morgan fingerprint density at radius 1 is 0.872 bits per heavy atom. The van der Waals surface area contributed by atoms with E-state index in [1.54, 1.807) is 13.2 Å². The van der Waals surface area contributed by atoms with Crippen molar-refractivity contribution in [2.24, 2.45) is 5.92 Å². The van der Waals surface area contributed by atoms with Crippen molar-refractivity contribution >= 4 is 18.7 Å². The highest BCUT2D eigenvalue weighted by molar-refractivity contribution is 6.99. The highest BCUT2D eigenvalue weighted by atomic mass is 28.4. The van der Waals surface area contributed by atoms with Crippen LogP contribution in [-0.4, -0.2) is 46.6 Å². The summed E-state index contributed by atoms with van der Waals surface area (Å²) in [5, 5.41) is 13.3. The normalized spacial score (nSPS) is 13.6. The molecule has 0 saturated heterocycles. The summed E-state index contributed by atoms with van der Waals surface area (Å²) in [7, 11) is -1.05. The summed E-state index contributed by atoms with van der Waals surface area (Å²) in [6.45, 7) is 12.2. The van der Waals surface area contributed by atoms with Gasteiger partial charge in [-0.1, -0.05) is 99.6 Å². The number of hydrogen-bond donors (Lipinski definition) is 1. The third kappa shape index (κ3) is 8.37. The molecule has 5 nitrogen and oxygen atoms in total. The fourth-order valence-corrected chi connectivity index (χ4v) is 9.60.